The number of carbonyl (C=O) groups excluding carboxylic acids is 2. The number of amidine groups is 1. The lowest BCUT2D eigenvalue weighted by atomic mass is 10.4. The van der Waals surface area contributed by atoms with Crippen LogP contribution in [-0.4, -0.2) is 40.7 Å². The molecule has 1 unspecified atom stereocenters. The highest BCUT2D eigenvalue weighted by atomic mass is 32.2. The topological polar surface area (TPSA) is 102 Å². The van der Waals surface area contributed by atoms with Gasteiger partial charge in [-0.05, 0) is 0 Å². The van der Waals surface area contributed by atoms with E-state index in [-0.39, 0.29) is 23.5 Å². The first kappa shape index (κ1) is 12.0. The minimum atomic E-state index is -0.354. The highest BCUT2D eigenvalue weighted by Gasteiger charge is 2.36. The molecule has 1 atom stereocenters. The van der Waals surface area contributed by atoms with E-state index >= 15 is 0 Å². The fourth-order valence-electron chi connectivity index (χ4n) is 1.17. The second-order valence-electron chi connectivity index (χ2n) is 3.13. The minimum Gasteiger partial charge on any atom is -0.387 e. The summed E-state index contributed by atoms with van der Waals surface area (Å²) in [5.74, 6) is 5.81. The molecule has 0 radical (unpaired) electrons. The normalized spacial score (nSPS) is 22.7. The average Bonchev–Trinajstić information content (AvgIpc) is 2.46. The molecule has 0 aromatic heterocycles. The summed E-state index contributed by atoms with van der Waals surface area (Å²) >= 11 is 1.39. The molecule has 1 rings (SSSR count). The zero-order valence-corrected chi connectivity index (χ0v) is 9.29. The van der Waals surface area contributed by atoms with Crippen LogP contribution in [0.15, 0.2) is 4.99 Å². The molecule has 7 heteroatoms. The van der Waals surface area contributed by atoms with Crippen molar-refractivity contribution < 1.29 is 9.59 Å². The molecule has 0 aromatic rings. The van der Waals surface area contributed by atoms with Gasteiger partial charge in [0.15, 0.2) is 0 Å². The second kappa shape index (κ2) is 5.13. The van der Waals surface area contributed by atoms with Crippen molar-refractivity contribution in [2.75, 3.05) is 12.8 Å². The summed E-state index contributed by atoms with van der Waals surface area (Å²) < 4.78 is 0. The van der Waals surface area contributed by atoms with Crippen LogP contribution in [0.3, 0.4) is 0 Å². The molecule has 1 heterocycles. The predicted molar refractivity (Wildman–Crippen MR) is 59.1 cm³/mol. The molecule has 1 aliphatic heterocycles. The van der Waals surface area contributed by atoms with E-state index in [9.17, 15) is 9.59 Å². The number of carbonyl (C=O) groups is 2. The number of rotatable bonds is 4. The summed E-state index contributed by atoms with van der Waals surface area (Å²) in [5, 5.41) is 0.335. The number of thioether (sulfide) groups is 1. The van der Waals surface area contributed by atoms with E-state index in [2.05, 4.69) is 4.99 Å². The molecule has 4 N–H and O–H groups in total. The lowest BCUT2D eigenvalue weighted by molar-refractivity contribution is -0.138. The van der Waals surface area contributed by atoms with Crippen LogP contribution in [-0.2, 0) is 9.59 Å². The number of hydrogen-bond donors (Lipinski definition) is 2. The molecule has 15 heavy (non-hydrogen) atoms. The molecule has 0 aromatic carbocycles. The number of hydrazine groups is 1. The predicted octanol–water partition coefficient (Wildman–Crippen LogP) is -0.902. The lowest BCUT2D eigenvalue weighted by Crippen LogP contribution is -2.37. The minimum absolute atomic E-state index is 0.184. The Kier molecular flexibility index (Phi) is 4.10. The van der Waals surface area contributed by atoms with E-state index < -0.39 is 0 Å². The van der Waals surface area contributed by atoms with Gasteiger partial charge in [0.25, 0.3) is 5.91 Å². The molecular formula is C8H14N4O2S. The number of nitrogens with zero attached hydrogens (tertiary/aromatic N) is 2. The number of aliphatic imine (C=N–C) groups is 1. The van der Waals surface area contributed by atoms with E-state index in [0.717, 1.165) is 0 Å². The van der Waals surface area contributed by atoms with Crippen molar-refractivity contribution >= 4 is 29.4 Å². The maximum atomic E-state index is 11.4. The van der Waals surface area contributed by atoms with Gasteiger partial charge >= 0.3 is 0 Å². The molecule has 0 saturated carbocycles. The third kappa shape index (κ3) is 2.93. The molecular weight excluding hydrogens is 216 g/mol. The van der Waals surface area contributed by atoms with Crippen LogP contribution >= 0.6 is 11.8 Å². The third-order valence-corrected chi connectivity index (χ3v) is 3.32. The molecule has 0 bridgehead atoms. The Balaban J connectivity index is 2.35. The van der Waals surface area contributed by atoms with Crippen molar-refractivity contribution in [3.05, 3.63) is 0 Å². The summed E-state index contributed by atoms with van der Waals surface area (Å²) in [5.41, 5.74) is 5.50. The Bertz CT molecular complexity index is 305. The van der Waals surface area contributed by atoms with E-state index in [4.69, 9.17) is 11.6 Å². The van der Waals surface area contributed by atoms with Gasteiger partial charge in [-0.2, -0.15) is 0 Å². The van der Waals surface area contributed by atoms with Crippen molar-refractivity contribution in [1.29, 1.82) is 0 Å². The standard InChI is InChI=1S/C8H14N4O2S/c1-11-6(9)2-3-15-5-4-7(13)12(10)8(5)14/h5H,2-4,10H2,1H3,(H2,9,11). The first-order valence-corrected chi connectivity index (χ1v) is 5.55. The van der Waals surface area contributed by atoms with Gasteiger partial charge in [-0.15, -0.1) is 11.8 Å². The van der Waals surface area contributed by atoms with Crippen molar-refractivity contribution in [3.8, 4) is 0 Å². The molecule has 2 amide bonds. The van der Waals surface area contributed by atoms with Gasteiger partial charge in [0, 0.05) is 25.6 Å². The summed E-state index contributed by atoms with van der Waals surface area (Å²) in [6.07, 6.45) is 0.798. The molecule has 0 aliphatic carbocycles. The molecule has 1 fully saturated rings. The molecule has 6 nitrogen and oxygen atoms in total. The van der Waals surface area contributed by atoms with Crippen LogP contribution in [0.1, 0.15) is 12.8 Å². The zero-order valence-electron chi connectivity index (χ0n) is 8.47. The van der Waals surface area contributed by atoms with Crippen LogP contribution in [0, 0.1) is 0 Å². The molecule has 1 saturated heterocycles. The van der Waals surface area contributed by atoms with Crippen LogP contribution < -0.4 is 11.6 Å². The average molecular weight is 230 g/mol. The van der Waals surface area contributed by atoms with Crippen LogP contribution in [0.2, 0.25) is 0 Å². The van der Waals surface area contributed by atoms with Crippen molar-refractivity contribution in [2.45, 2.75) is 18.1 Å². The third-order valence-electron chi connectivity index (χ3n) is 2.11. The van der Waals surface area contributed by atoms with Gasteiger partial charge in [-0.25, -0.2) is 10.9 Å². The first-order valence-electron chi connectivity index (χ1n) is 4.50. The summed E-state index contributed by atoms with van der Waals surface area (Å²) in [7, 11) is 1.62. The van der Waals surface area contributed by atoms with Gasteiger partial charge in [-0.1, -0.05) is 0 Å². The van der Waals surface area contributed by atoms with Gasteiger partial charge in [0.1, 0.15) is 0 Å². The fourth-order valence-corrected chi connectivity index (χ4v) is 2.30. The lowest BCUT2D eigenvalue weighted by Gasteiger charge is -2.07. The smallest absolute Gasteiger partial charge is 0.257 e. The van der Waals surface area contributed by atoms with Crippen molar-refractivity contribution in [3.63, 3.8) is 0 Å². The van der Waals surface area contributed by atoms with Crippen LogP contribution in [0.4, 0.5) is 0 Å². The highest BCUT2D eigenvalue weighted by molar-refractivity contribution is 8.00. The first-order chi connectivity index (χ1) is 7.06. The van der Waals surface area contributed by atoms with Gasteiger partial charge in [0.2, 0.25) is 5.91 Å². The Labute approximate surface area is 92.0 Å². The van der Waals surface area contributed by atoms with Crippen LogP contribution in [0.5, 0.6) is 0 Å². The van der Waals surface area contributed by atoms with E-state index in [1.165, 1.54) is 11.8 Å². The van der Waals surface area contributed by atoms with Crippen molar-refractivity contribution in [2.24, 2.45) is 16.6 Å². The number of hydrogen-bond acceptors (Lipinski definition) is 5. The summed E-state index contributed by atoms with van der Waals surface area (Å²) in [6, 6.07) is 0. The number of amides is 2. The zero-order chi connectivity index (χ0) is 11.4. The monoisotopic (exact) mass is 230 g/mol. The van der Waals surface area contributed by atoms with E-state index in [1.54, 1.807) is 7.05 Å². The highest BCUT2D eigenvalue weighted by Crippen LogP contribution is 2.23. The molecule has 0 spiro atoms. The van der Waals surface area contributed by atoms with E-state index in [1.807, 2.05) is 0 Å². The maximum absolute atomic E-state index is 11.4. The maximum Gasteiger partial charge on any atom is 0.257 e. The quantitative estimate of drug-likeness (QED) is 0.214. The Morgan fingerprint density at radius 1 is 1.67 bits per heavy atom. The molecule has 1 aliphatic rings. The largest absolute Gasteiger partial charge is 0.387 e. The van der Waals surface area contributed by atoms with E-state index in [0.29, 0.717) is 23.0 Å². The van der Waals surface area contributed by atoms with Gasteiger partial charge in [-0.3, -0.25) is 14.6 Å². The Morgan fingerprint density at radius 3 is 2.80 bits per heavy atom. The van der Waals surface area contributed by atoms with Gasteiger partial charge in [0.05, 0.1) is 11.1 Å². The summed E-state index contributed by atoms with van der Waals surface area (Å²) in [4.78, 5) is 26.2. The van der Waals surface area contributed by atoms with Gasteiger partial charge < -0.3 is 5.73 Å². The number of nitrogens with two attached hydrogens (primary N) is 2. The second-order valence-corrected chi connectivity index (χ2v) is 4.44. The Morgan fingerprint density at radius 2 is 2.33 bits per heavy atom. The van der Waals surface area contributed by atoms with Crippen molar-refractivity contribution in [1.82, 2.24) is 5.01 Å². The number of imide groups is 1. The fraction of sp³-hybridized carbons (Fsp3) is 0.625. The summed E-state index contributed by atoms with van der Waals surface area (Å²) in [6.45, 7) is 0. The van der Waals surface area contributed by atoms with Crippen LogP contribution in [0.25, 0.3) is 0 Å². The Hall–Kier alpha value is -1.08. The SMILES string of the molecule is CN=C(N)CCSC1CC(=O)N(N)C1=O. The molecule has 84 valence electrons.